The predicted molar refractivity (Wildman–Crippen MR) is 92.1 cm³/mol. The molecular formula is C17H20FN5O2. The van der Waals surface area contributed by atoms with Gasteiger partial charge in [0.25, 0.3) is 0 Å². The molecule has 7 nitrogen and oxygen atoms in total. The standard InChI is InChI=1S/C17H20FN5O2/c1-12-13(18)3-2-4-14(12)21-17(24)20-11-15-19-6-5-16(22-15)23-7-9-25-10-8-23/h2-6H,7-11H2,1H3,(H2,20,21,24). The Bertz CT molecular complexity index is 750. The van der Waals surface area contributed by atoms with Crippen LogP contribution in [0.4, 0.5) is 20.7 Å². The van der Waals surface area contributed by atoms with E-state index in [0.29, 0.717) is 30.3 Å². The Morgan fingerprint density at radius 1 is 1.32 bits per heavy atom. The van der Waals surface area contributed by atoms with Crippen LogP contribution in [0.25, 0.3) is 0 Å². The van der Waals surface area contributed by atoms with Crippen molar-refractivity contribution < 1.29 is 13.9 Å². The number of hydrogen-bond donors (Lipinski definition) is 2. The highest BCUT2D eigenvalue weighted by molar-refractivity contribution is 5.89. The smallest absolute Gasteiger partial charge is 0.319 e. The second-order valence-electron chi connectivity index (χ2n) is 5.65. The Balaban J connectivity index is 1.57. The van der Waals surface area contributed by atoms with Gasteiger partial charge >= 0.3 is 6.03 Å². The zero-order valence-electron chi connectivity index (χ0n) is 14.0. The number of anilines is 2. The van der Waals surface area contributed by atoms with E-state index in [1.54, 1.807) is 25.3 Å². The minimum atomic E-state index is -0.436. The van der Waals surface area contributed by atoms with E-state index >= 15 is 0 Å². The molecular weight excluding hydrogens is 325 g/mol. The number of nitrogens with one attached hydrogen (secondary N) is 2. The molecule has 3 rings (SSSR count). The van der Waals surface area contributed by atoms with Crippen LogP contribution in [-0.2, 0) is 11.3 Å². The lowest BCUT2D eigenvalue weighted by molar-refractivity contribution is 0.122. The molecule has 132 valence electrons. The van der Waals surface area contributed by atoms with Crippen LogP contribution < -0.4 is 15.5 Å². The summed E-state index contributed by atoms with van der Waals surface area (Å²) in [6.07, 6.45) is 1.67. The minimum Gasteiger partial charge on any atom is -0.378 e. The molecule has 1 aromatic heterocycles. The number of aromatic nitrogens is 2. The third-order valence-electron chi connectivity index (χ3n) is 3.95. The first-order valence-electron chi connectivity index (χ1n) is 8.08. The fourth-order valence-electron chi connectivity index (χ4n) is 2.51. The van der Waals surface area contributed by atoms with E-state index in [-0.39, 0.29) is 12.4 Å². The Morgan fingerprint density at radius 3 is 2.92 bits per heavy atom. The maximum atomic E-state index is 13.5. The Hall–Kier alpha value is -2.74. The van der Waals surface area contributed by atoms with Gasteiger partial charge in [-0.3, -0.25) is 0 Å². The fraction of sp³-hybridized carbons (Fsp3) is 0.353. The van der Waals surface area contributed by atoms with E-state index in [2.05, 4.69) is 25.5 Å². The number of hydrogen-bond acceptors (Lipinski definition) is 5. The number of halogens is 1. The molecule has 0 aliphatic carbocycles. The summed E-state index contributed by atoms with van der Waals surface area (Å²) >= 11 is 0. The highest BCUT2D eigenvalue weighted by Crippen LogP contribution is 2.17. The fourth-order valence-corrected chi connectivity index (χ4v) is 2.51. The molecule has 0 saturated carbocycles. The number of amides is 2. The van der Waals surface area contributed by atoms with Gasteiger partial charge in [0, 0.05) is 30.5 Å². The van der Waals surface area contributed by atoms with Gasteiger partial charge in [-0.2, -0.15) is 0 Å². The zero-order chi connectivity index (χ0) is 17.6. The molecule has 0 bridgehead atoms. The quantitative estimate of drug-likeness (QED) is 0.887. The molecule has 1 aliphatic heterocycles. The Kier molecular flexibility index (Phi) is 5.39. The second kappa shape index (κ2) is 7.89. The minimum absolute atomic E-state index is 0.179. The first-order chi connectivity index (χ1) is 12.1. The van der Waals surface area contributed by atoms with Gasteiger partial charge in [-0.15, -0.1) is 0 Å². The average Bonchev–Trinajstić information content (AvgIpc) is 2.65. The number of nitrogens with zero attached hydrogens (tertiary/aromatic N) is 3. The van der Waals surface area contributed by atoms with Crippen LogP contribution >= 0.6 is 0 Å². The molecule has 1 aliphatic rings. The van der Waals surface area contributed by atoms with Gasteiger partial charge in [0.2, 0.25) is 0 Å². The third-order valence-corrected chi connectivity index (χ3v) is 3.95. The van der Waals surface area contributed by atoms with Crippen LogP contribution in [0.5, 0.6) is 0 Å². The first-order valence-corrected chi connectivity index (χ1v) is 8.08. The van der Waals surface area contributed by atoms with Crippen molar-refractivity contribution in [1.29, 1.82) is 0 Å². The van der Waals surface area contributed by atoms with Crippen LogP contribution in [0, 0.1) is 12.7 Å². The van der Waals surface area contributed by atoms with Crippen molar-refractivity contribution in [2.75, 3.05) is 36.5 Å². The van der Waals surface area contributed by atoms with Crippen molar-refractivity contribution in [1.82, 2.24) is 15.3 Å². The SMILES string of the molecule is Cc1c(F)cccc1NC(=O)NCc1nccc(N2CCOCC2)n1. The number of ether oxygens (including phenoxy) is 1. The van der Waals surface area contributed by atoms with Crippen LogP contribution in [0.1, 0.15) is 11.4 Å². The van der Waals surface area contributed by atoms with Crippen molar-refractivity contribution in [3.8, 4) is 0 Å². The van der Waals surface area contributed by atoms with Crippen LogP contribution in [-0.4, -0.2) is 42.3 Å². The Labute approximate surface area is 145 Å². The predicted octanol–water partition coefficient (Wildman–Crippen LogP) is 2.08. The third kappa shape index (κ3) is 4.42. The van der Waals surface area contributed by atoms with E-state index in [4.69, 9.17) is 4.74 Å². The van der Waals surface area contributed by atoms with E-state index in [1.807, 2.05) is 6.07 Å². The molecule has 25 heavy (non-hydrogen) atoms. The monoisotopic (exact) mass is 345 g/mol. The number of carbonyl (C=O) groups is 1. The summed E-state index contributed by atoms with van der Waals surface area (Å²) in [4.78, 5) is 22.8. The second-order valence-corrected chi connectivity index (χ2v) is 5.65. The summed E-state index contributed by atoms with van der Waals surface area (Å²) in [5.41, 5.74) is 0.823. The molecule has 0 radical (unpaired) electrons. The van der Waals surface area contributed by atoms with Gasteiger partial charge in [0.05, 0.1) is 19.8 Å². The van der Waals surface area contributed by atoms with Gasteiger partial charge in [-0.1, -0.05) is 6.07 Å². The molecule has 2 N–H and O–H groups in total. The summed E-state index contributed by atoms with van der Waals surface area (Å²) in [6.45, 7) is 4.70. The maximum absolute atomic E-state index is 13.5. The molecule has 2 aromatic rings. The van der Waals surface area contributed by atoms with Gasteiger partial charge in [0.15, 0.2) is 0 Å². The molecule has 0 atom stereocenters. The van der Waals surface area contributed by atoms with Crippen molar-refractivity contribution in [3.05, 3.63) is 47.7 Å². The van der Waals surface area contributed by atoms with E-state index in [1.165, 1.54) is 6.07 Å². The number of carbonyl (C=O) groups excluding carboxylic acids is 1. The van der Waals surface area contributed by atoms with Crippen LogP contribution in [0.15, 0.2) is 30.5 Å². The van der Waals surface area contributed by atoms with Crippen LogP contribution in [0.2, 0.25) is 0 Å². The number of rotatable bonds is 4. The van der Waals surface area contributed by atoms with Gasteiger partial charge in [-0.05, 0) is 25.1 Å². The van der Waals surface area contributed by atoms with Gasteiger partial charge < -0.3 is 20.3 Å². The summed E-state index contributed by atoms with van der Waals surface area (Å²) in [5.74, 6) is 0.964. The summed E-state index contributed by atoms with van der Waals surface area (Å²) in [6, 6.07) is 5.95. The van der Waals surface area contributed by atoms with Crippen molar-refractivity contribution in [3.63, 3.8) is 0 Å². The lowest BCUT2D eigenvalue weighted by Gasteiger charge is -2.27. The number of benzene rings is 1. The van der Waals surface area contributed by atoms with Crippen molar-refractivity contribution >= 4 is 17.5 Å². The lowest BCUT2D eigenvalue weighted by Crippen LogP contribution is -2.37. The molecule has 0 unspecified atom stereocenters. The maximum Gasteiger partial charge on any atom is 0.319 e. The summed E-state index contributed by atoms with van der Waals surface area (Å²) in [7, 11) is 0. The normalized spacial score (nSPS) is 14.2. The molecule has 2 heterocycles. The highest BCUT2D eigenvalue weighted by atomic mass is 19.1. The lowest BCUT2D eigenvalue weighted by atomic mass is 10.2. The van der Waals surface area contributed by atoms with Gasteiger partial charge in [-0.25, -0.2) is 19.2 Å². The summed E-state index contributed by atoms with van der Waals surface area (Å²) < 4.78 is 18.8. The largest absolute Gasteiger partial charge is 0.378 e. The van der Waals surface area contributed by atoms with Crippen LogP contribution in [0.3, 0.4) is 0 Å². The zero-order valence-corrected chi connectivity index (χ0v) is 14.0. The van der Waals surface area contributed by atoms with E-state index in [9.17, 15) is 9.18 Å². The molecule has 8 heteroatoms. The van der Waals surface area contributed by atoms with Crippen molar-refractivity contribution in [2.45, 2.75) is 13.5 Å². The number of morpholine rings is 1. The number of urea groups is 1. The highest BCUT2D eigenvalue weighted by Gasteiger charge is 2.13. The molecule has 2 amide bonds. The average molecular weight is 345 g/mol. The molecule has 0 spiro atoms. The topological polar surface area (TPSA) is 79.4 Å². The summed E-state index contributed by atoms with van der Waals surface area (Å²) in [5, 5.41) is 5.31. The van der Waals surface area contributed by atoms with E-state index in [0.717, 1.165) is 18.9 Å². The van der Waals surface area contributed by atoms with Gasteiger partial charge in [0.1, 0.15) is 17.5 Å². The Morgan fingerprint density at radius 2 is 2.12 bits per heavy atom. The first kappa shape index (κ1) is 17.1. The molecule has 1 fully saturated rings. The molecule has 1 aromatic carbocycles. The van der Waals surface area contributed by atoms with E-state index < -0.39 is 6.03 Å². The van der Waals surface area contributed by atoms with Crippen molar-refractivity contribution in [2.24, 2.45) is 0 Å². The molecule has 1 saturated heterocycles.